The summed E-state index contributed by atoms with van der Waals surface area (Å²) in [6, 6.07) is 22.7. The van der Waals surface area contributed by atoms with E-state index in [0.29, 0.717) is 11.3 Å². The number of aromatic nitrogens is 2. The normalized spacial score (nSPS) is 16.0. The second-order valence-corrected chi connectivity index (χ2v) is 8.49. The molecule has 2 unspecified atom stereocenters. The van der Waals surface area contributed by atoms with E-state index < -0.39 is 6.10 Å². The van der Waals surface area contributed by atoms with Crippen LogP contribution in [0.5, 0.6) is 0 Å². The van der Waals surface area contributed by atoms with Gasteiger partial charge in [0.2, 0.25) is 0 Å². The van der Waals surface area contributed by atoms with E-state index in [4.69, 9.17) is 0 Å². The highest BCUT2D eigenvalue weighted by Gasteiger charge is 2.28. The highest BCUT2D eigenvalue weighted by Crippen LogP contribution is 2.42. The first-order chi connectivity index (χ1) is 15.2. The molecule has 2 N–H and O–H groups in total. The van der Waals surface area contributed by atoms with Crippen LogP contribution in [-0.4, -0.2) is 20.6 Å². The monoisotopic (exact) mass is 427 g/mol. The second kappa shape index (κ2) is 8.41. The van der Waals surface area contributed by atoms with Gasteiger partial charge >= 0.3 is 0 Å². The van der Waals surface area contributed by atoms with Crippen molar-refractivity contribution in [1.29, 1.82) is 0 Å². The van der Waals surface area contributed by atoms with Crippen molar-refractivity contribution in [3.63, 3.8) is 0 Å². The van der Waals surface area contributed by atoms with E-state index >= 15 is 0 Å². The Hall–Kier alpha value is -3.35. The van der Waals surface area contributed by atoms with Gasteiger partial charge in [0.1, 0.15) is 11.5 Å². The number of thioether (sulfide) groups is 1. The summed E-state index contributed by atoms with van der Waals surface area (Å²) in [6.45, 7) is 0. The zero-order valence-electron chi connectivity index (χ0n) is 16.7. The Morgan fingerprint density at radius 2 is 1.90 bits per heavy atom. The Kier molecular flexibility index (Phi) is 5.32. The van der Waals surface area contributed by atoms with Crippen molar-refractivity contribution in [2.75, 3.05) is 5.32 Å². The number of nitrogens with zero attached hydrogens (tertiary/aromatic N) is 2. The SMILES string of the molecule is O=C(Nc1cccc(C(O)c2ccccc2)c1)c1ccn2c1CSC2c1cccnc1. The van der Waals surface area contributed by atoms with Crippen LogP contribution in [0, 0.1) is 0 Å². The molecule has 0 spiro atoms. The van der Waals surface area contributed by atoms with Crippen molar-refractivity contribution in [3.8, 4) is 0 Å². The fourth-order valence-electron chi connectivity index (χ4n) is 3.89. The first kappa shape index (κ1) is 19.6. The molecule has 1 aliphatic rings. The van der Waals surface area contributed by atoms with Gasteiger partial charge in [0, 0.05) is 41.3 Å². The average molecular weight is 428 g/mol. The van der Waals surface area contributed by atoms with Crippen molar-refractivity contribution in [2.45, 2.75) is 17.2 Å². The fourth-order valence-corrected chi connectivity index (χ4v) is 5.20. The third-order valence-corrected chi connectivity index (χ3v) is 6.70. The molecule has 3 heterocycles. The number of nitrogens with one attached hydrogen (secondary N) is 1. The number of aliphatic hydroxyl groups excluding tert-OH is 1. The minimum absolute atomic E-state index is 0.134. The van der Waals surface area contributed by atoms with Gasteiger partial charge in [-0.05, 0) is 35.4 Å². The number of fused-ring (bicyclic) bond motifs is 1. The molecule has 2 aromatic carbocycles. The van der Waals surface area contributed by atoms with E-state index in [1.54, 1.807) is 18.0 Å². The van der Waals surface area contributed by atoms with Gasteiger partial charge in [-0.15, -0.1) is 11.8 Å². The lowest BCUT2D eigenvalue weighted by Crippen LogP contribution is -2.14. The third kappa shape index (κ3) is 3.87. The van der Waals surface area contributed by atoms with E-state index in [0.717, 1.165) is 28.1 Å². The van der Waals surface area contributed by atoms with Gasteiger partial charge in [-0.1, -0.05) is 48.5 Å². The molecule has 5 rings (SSSR count). The molecule has 1 aliphatic heterocycles. The van der Waals surface area contributed by atoms with Crippen LogP contribution in [-0.2, 0) is 5.75 Å². The van der Waals surface area contributed by atoms with Crippen LogP contribution in [0.15, 0.2) is 91.4 Å². The maximum Gasteiger partial charge on any atom is 0.257 e. The molecule has 0 saturated carbocycles. The summed E-state index contributed by atoms with van der Waals surface area (Å²) in [5, 5.41) is 13.8. The first-order valence-corrected chi connectivity index (χ1v) is 11.1. The van der Waals surface area contributed by atoms with E-state index in [2.05, 4.69) is 20.9 Å². The van der Waals surface area contributed by atoms with E-state index in [1.165, 1.54) is 0 Å². The maximum atomic E-state index is 13.0. The number of aliphatic hydroxyl groups is 1. The smallest absolute Gasteiger partial charge is 0.257 e. The lowest BCUT2D eigenvalue weighted by atomic mass is 10.0. The van der Waals surface area contributed by atoms with Gasteiger partial charge in [0.15, 0.2) is 0 Å². The number of hydrogen-bond acceptors (Lipinski definition) is 4. The summed E-state index contributed by atoms with van der Waals surface area (Å²) in [6.07, 6.45) is 4.86. The topological polar surface area (TPSA) is 67.2 Å². The zero-order valence-corrected chi connectivity index (χ0v) is 17.5. The van der Waals surface area contributed by atoms with Gasteiger partial charge in [-0.25, -0.2) is 0 Å². The molecule has 0 saturated heterocycles. The van der Waals surface area contributed by atoms with E-state index in [1.807, 2.05) is 79.1 Å². The number of pyridine rings is 1. The molecule has 1 amide bonds. The number of anilines is 1. The highest BCUT2D eigenvalue weighted by molar-refractivity contribution is 7.99. The summed E-state index contributed by atoms with van der Waals surface area (Å²) < 4.78 is 2.15. The zero-order chi connectivity index (χ0) is 21.2. The Bertz CT molecular complexity index is 1210. The molecule has 2 aromatic heterocycles. The van der Waals surface area contributed by atoms with Gasteiger partial charge in [0.05, 0.1) is 5.56 Å². The fraction of sp³-hybridized carbons (Fsp3) is 0.120. The summed E-state index contributed by atoms with van der Waals surface area (Å²) in [4.78, 5) is 17.2. The standard InChI is InChI=1S/C25H21N3O2S/c29-23(17-6-2-1-3-7-17)18-8-4-10-20(14-18)27-24(30)21-11-13-28-22(21)16-31-25(28)19-9-5-12-26-15-19/h1-15,23,25,29H,16H2,(H,27,30). The Morgan fingerprint density at radius 3 is 2.71 bits per heavy atom. The summed E-state index contributed by atoms with van der Waals surface area (Å²) >= 11 is 1.78. The lowest BCUT2D eigenvalue weighted by Gasteiger charge is -2.13. The van der Waals surface area contributed by atoms with Crippen LogP contribution in [0.4, 0.5) is 5.69 Å². The summed E-state index contributed by atoms with van der Waals surface area (Å²) in [7, 11) is 0. The van der Waals surface area contributed by atoms with Crippen LogP contribution in [0.25, 0.3) is 0 Å². The van der Waals surface area contributed by atoms with Crippen molar-refractivity contribution in [1.82, 2.24) is 9.55 Å². The minimum atomic E-state index is -0.742. The van der Waals surface area contributed by atoms with Crippen molar-refractivity contribution >= 4 is 23.4 Å². The quantitative estimate of drug-likeness (QED) is 0.470. The van der Waals surface area contributed by atoms with Crippen molar-refractivity contribution in [2.24, 2.45) is 0 Å². The number of carbonyl (C=O) groups is 1. The molecule has 31 heavy (non-hydrogen) atoms. The maximum absolute atomic E-state index is 13.0. The van der Waals surface area contributed by atoms with Crippen molar-refractivity contribution in [3.05, 3.63) is 119 Å². The van der Waals surface area contributed by atoms with E-state index in [9.17, 15) is 9.90 Å². The Morgan fingerprint density at radius 1 is 1.06 bits per heavy atom. The number of rotatable bonds is 5. The van der Waals surface area contributed by atoms with Crippen LogP contribution < -0.4 is 5.32 Å². The molecule has 154 valence electrons. The lowest BCUT2D eigenvalue weighted by molar-refractivity contribution is 0.102. The van der Waals surface area contributed by atoms with Crippen molar-refractivity contribution < 1.29 is 9.90 Å². The van der Waals surface area contributed by atoms with Crippen LogP contribution in [0.3, 0.4) is 0 Å². The predicted octanol–water partition coefficient (Wildman–Crippen LogP) is 5.01. The minimum Gasteiger partial charge on any atom is -0.384 e. The molecule has 0 aliphatic carbocycles. The molecule has 2 atom stereocenters. The predicted molar refractivity (Wildman–Crippen MR) is 123 cm³/mol. The molecule has 0 fully saturated rings. The number of amides is 1. The Balaban J connectivity index is 1.35. The third-order valence-electron chi connectivity index (χ3n) is 5.44. The second-order valence-electron chi connectivity index (χ2n) is 7.43. The van der Waals surface area contributed by atoms with Gasteiger partial charge < -0.3 is 15.0 Å². The summed E-state index contributed by atoms with van der Waals surface area (Å²) in [5.41, 5.74) is 5.01. The molecular formula is C25H21N3O2S. The molecule has 0 radical (unpaired) electrons. The number of hydrogen-bond donors (Lipinski definition) is 2. The average Bonchev–Trinajstić information content (AvgIpc) is 3.42. The van der Waals surface area contributed by atoms with Crippen LogP contribution in [0.1, 0.15) is 44.2 Å². The van der Waals surface area contributed by atoms with Crippen LogP contribution in [0.2, 0.25) is 0 Å². The molecule has 4 aromatic rings. The number of carbonyl (C=O) groups excluding carboxylic acids is 1. The Labute approximate surface area is 184 Å². The number of benzene rings is 2. The summed E-state index contributed by atoms with van der Waals surface area (Å²) in [5.74, 6) is 0.620. The van der Waals surface area contributed by atoms with Gasteiger partial charge in [-0.3, -0.25) is 9.78 Å². The van der Waals surface area contributed by atoms with E-state index in [-0.39, 0.29) is 11.3 Å². The van der Waals surface area contributed by atoms with Gasteiger partial charge in [0.25, 0.3) is 5.91 Å². The molecule has 5 nitrogen and oxygen atoms in total. The highest BCUT2D eigenvalue weighted by atomic mass is 32.2. The van der Waals surface area contributed by atoms with Crippen LogP contribution >= 0.6 is 11.8 Å². The molecular weight excluding hydrogens is 406 g/mol. The molecule has 0 bridgehead atoms. The molecule has 6 heteroatoms. The first-order valence-electron chi connectivity index (χ1n) is 10.1. The largest absolute Gasteiger partial charge is 0.384 e. The van der Waals surface area contributed by atoms with Gasteiger partial charge in [-0.2, -0.15) is 0 Å².